The first-order valence-corrected chi connectivity index (χ1v) is 12.8. The number of carbonyl (C=O) groups excluding carboxylic acids is 2. The third-order valence-corrected chi connectivity index (χ3v) is 7.16. The summed E-state index contributed by atoms with van der Waals surface area (Å²) in [5.74, 6) is -1.05. The van der Waals surface area contributed by atoms with Crippen LogP contribution in [0.4, 0.5) is 0 Å². The molecule has 1 amide bonds. The number of likely N-dealkylation sites (tertiary alicyclic amines) is 1. The van der Waals surface area contributed by atoms with Crippen molar-refractivity contribution in [2.24, 2.45) is 0 Å². The van der Waals surface area contributed by atoms with Crippen LogP contribution in [0.3, 0.4) is 0 Å². The lowest BCUT2D eigenvalue weighted by Crippen LogP contribution is -2.33. The molecule has 3 heterocycles. The lowest BCUT2D eigenvalue weighted by Gasteiger charge is -2.27. The van der Waals surface area contributed by atoms with Crippen molar-refractivity contribution >= 4 is 23.1 Å². The maximum atomic E-state index is 13.4. The van der Waals surface area contributed by atoms with Gasteiger partial charge >= 0.3 is 0 Å². The molecule has 7 nitrogen and oxygen atoms in total. The van der Waals surface area contributed by atoms with Crippen LogP contribution in [0.15, 0.2) is 54.2 Å². The summed E-state index contributed by atoms with van der Waals surface area (Å²) in [6.07, 6.45) is 2.54. The molecule has 0 aliphatic carbocycles. The maximum absolute atomic E-state index is 13.4. The predicted molar refractivity (Wildman–Crippen MR) is 142 cm³/mol. The fourth-order valence-corrected chi connectivity index (χ4v) is 5.05. The number of ketones is 1. The molecule has 2 aromatic heterocycles. The molecule has 0 saturated carbocycles. The lowest BCUT2D eigenvalue weighted by molar-refractivity contribution is -0.140. The maximum Gasteiger partial charge on any atom is 0.295 e. The topological polar surface area (TPSA) is 78.2 Å². The minimum absolute atomic E-state index is 0.119. The van der Waals surface area contributed by atoms with Crippen LogP contribution in [0.1, 0.15) is 68.6 Å². The number of hydrogen-bond acceptors (Lipinski definition) is 5. The Kier molecular flexibility index (Phi) is 7.59. The highest BCUT2D eigenvalue weighted by molar-refractivity contribution is 6.46. The third-order valence-electron chi connectivity index (χ3n) is 7.16. The molecule has 3 aromatic rings. The number of aliphatic hydroxyl groups is 1. The number of aromatic nitrogens is 2. The fraction of sp³-hybridized carbons (Fsp3) is 0.414. The van der Waals surface area contributed by atoms with Crippen LogP contribution in [-0.4, -0.2) is 62.2 Å². The summed E-state index contributed by atoms with van der Waals surface area (Å²) in [7, 11) is 0. The van der Waals surface area contributed by atoms with Crippen LogP contribution < -0.4 is 0 Å². The average molecular weight is 489 g/mol. The van der Waals surface area contributed by atoms with E-state index < -0.39 is 17.7 Å². The van der Waals surface area contributed by atoms with Crippen LogP contribution in [-0.2, 0) is 9.59 Å². The van der Waals surface area contributed by atoms with Gasteiger partial charge in [-0.25, -0.2) is 4.98 Å². The van der Waals surface area contributed by atoms with Gasteiger partial charge in [0.05, 0.1) is 17.3 Å². The molecular weight excluding hydrogens is 452 g/mol. The number of benzene rings is 1. The van der Waals surface area contributed by atoms with E-state index in [1.807, 2.05) is 42.5 Å². The number of Topliss-reactive ketones (excluding diaryl/α,β-unsaturated/α-hetero) is 1. The van der Waals surface area contributed by atoms with E-state index in [2.05, 4.69) is 37.6 Å². The molecule has 7 heteroatoms. The van der Waals surface area contributed by atoms with Gasteiger partial charge in [0.1, 0.15) is 11.3 Å². The summed E-state index contributed by atoms with van der Waals surface area (Å²) in [5, 5.41) is 11.6. The largest absolute Gasteiger partial charge is 0.505 e. The highest BCUT2D eigenvalue weighted by Gasteiger charge is 2.46. The Morgan fingerprint density at radius 2 is 1.78 bits per heavy atom. The number of pyridine rings is 1. The highest BCUT2D eigenvalue weighted by Crippen LogP contribution is 2.40. The molecule has 0 radical (unpaired) electrons. The molecule has 0 spiro atoms. The summed E-state index contributed by atoms with van der Waals surface area (Å²) in [4.78, 5) is 35.2. The Balaban J connectivity index is 1.82. The van der Waals surface area contributed by atoms with E-state index in [9.17, 15) is 14.7 Å². The number of aryl methyl sites for hydroxylation is 1. The zero-order chi connectivity index (χ0) is 26.0. The molecule has 4 rings (SSSR count). The molecule has 1 aromatic carbocycles. The number of rotatable bonds is 9. The molecule has 190 valence electrons. The van der Waals surface area contributed by atoms with Crippen LogP contribution >= 0.6 is 0 Å². The molecule has 36 heavy (non-hydrogen) atoms. The van der Waals surface area contributed by atoms with Crippen molar-refractivity contribution in [3.8, 4) is 0 Å². The van der Waals surface area contributed by atoms with E-state index in [-0.39, 0.29) is 11.3 Å². The zero-order valence-electron chi connectivity index (χ0n) is 21.9. The highest BCUT2D eigenvalue weighted by atomic mass is 16.3. The molecule has 1 aliphatic rings. The van der Waals surface area contributed by atoms with Crippen molar-refractivity contribution in [2.45, 2.75) is 53.0 Å². The Morgan fingerprint density at radius 3 is 2.42 bits per heavy atom. The second-order valence-corrected chi connectivity index (χ2v) is 9.67. The number of hydrogen-bond donors (Lipinski definition) is 1. The SMILES string of the molecule is CCN(CC)CCCN1C(=O)C(=O)C(=C(O)c2c(C)nc3ccccn23)C1c1ccc(C(C)C)cc1. The number of imidazole rings is 1. The van der Waals surface area contributed by atoms with E-state index in [1.165, 1.54) is 5.56 Å². The first-order chi connectivity index (χ1) is 17.3. The first kappa shape index (κ1) is 25.6. The molecule has 1 N–H and O–H groups in total. The predicted octanol–water partition coefficient (Wildman–Crippen LogP) is 4.92. The van der Waals surface area contributed by atoms with Crippen LogP contribution in [0.5, 0.6) is 0 Å². The molecule has 1 unspecified atom stereocenters. The summed E-state index contributed by atoms with van der Waals surface area (Å²) < 4.78 is 1.76. The van der Waals surface area contributed by atoms with Crippen LogP contribution in [0.2, 0.25) is 0 Å². The normalized spacial score (nSPS) is 17.8. The van der Waals surface area contributed by atoms with Gasteiger partial charge in [-0.05, 0) is 62.2 Å². The van der Waals surface area contributed by atoms with Crippen molar-refractivity contribution < 1.29 is 14.7 Å². The van der Waals surface area contributed by atoms with Crippen molar-refractivity contribution in [1.29, 1.82) is 0 Å². The summed E-state index contributed by atoms with van der Waals surface area (Å²) in [6.45, 7) is 13.4. The van der Waals surface area contributed by atoms with Gasteiger partial charge in [0.25, 0.3) is 11.7 Å². The van der Waals surface area contributed by atoms with Gasteiger partial charge in [-0.1, -0.05) is 58.0 Å². The zero-order valence-corrected chi connectivity index (χ0v) is 21.9. The van der Waals surface area contributed by atoms with Crippen molar-refractivity contribution in [3.05, 3.63) is 76.7 Å². The number of carbonyl (C=O) groups is 2. The smallest absolute Gasteiger partial charge is 0.295 e. The number of nitrogens with zero attached hydrogens (tertiary/aromatic N) is 4. The van der Waals surface area contributed by atoms with Gasteiger partial charge in [-0.15, -0.1) is 0 Å². The molecule has 0 bridgehead atoms. The van der Waals surface area contributed by atoms with Crippen LogP contribution in [0, 0.1) is 6.92 Å². The quantitative estimate of drug-likeness (QED) is 0.263. The fourth-order valence-electron chi connectivity index (χ4n) is 5.05. The summed E-state index contributed by atoms with van der Waals surface area (Å²) >= 11 is 0. The van der Waals surface area contributed by atoms with E-state index >= 15 is 0 Å². The number of amides is 1. The molecule has 1 atom stereocenters. The second kappa shape index (κ2) is 10.7. The van der Waals surface area contributed by atoms with E-state index in [0.717, 1.165) is 31.6 Å². The lowest BCUT2D eigenvalue weighted by atomic mass is 9.93. The Bertz CT molecular complexity index is 1290. The van der Waals surface area contributed by atoms with Gasteiger partial charge in [0.15, 0.2) is 5.76 Å². The van der Waals surface area contributed by atoms with Crippen molar-refractivity contribution in [1.82, 2.24) is 19.2 Å². The van der Waals surface area contributed by atoms with Crippen molar-refractivity contribution in [3.63, 3.8) is 0 Å². The summed E-state index contributed by atoms with van der Waals surface area (Å²) in [6, 6.07) is 12.9. The Labute approximate surface area is 213 Å². The standard InChI is InChI=1S/C29H36N4O3/c1-6-31(7-2)16-10-18-33-26(22-14-12-21(13-15-22)19(3)4)24(28(35)29(33)36)27(34)25-20(5)30-23-11-8-9-17-32(23)25/h8-9,11-15,17,19,26,34H,6-7,10,16,18H2,1-5H3. The number of aliphatic hydroxyl groups excluding tert-OH is 1. The minimum Gasteiger partial charge on any atom is -0.505 e. The van der Waals surface area contributed by atoms with E-state index in [1.54, 1.807) is 22.4 Å². The second-order valence-electron chi connectivity index (χ2n) is 9.67. The molecule has 1 fully saturated rings. The number of fused-ring (bicyclic) bond motifs is 1. The van der Waals surface area contributed by atoms with E-state index in [0.29, 0.717) is 29.5 Å². The van der Waals surface area contributed by atoms with Gasteiger partial charge in [0, 0.05) is 12.7 Å². The van der Waals surface area contributed by atoms with Crippen LogP contribution in [0.25, 0.3) is 11.4 Å². The molecular formula is C29H36N4O3. The van der Waals surface area contributed by atoms with E-state index in [4.69, 9.17) is 0 Å². The van der Waals surface area contributed by atoms with Gasteiger partial charge in [-0.3, -0.25) is 14.0 Å². The average Bonchev–Trinajstić information content (AvgIpc) is 3.34. The minimum atomic E-state index is -0.656. The Hall–Kier alpha value is -3.45. The Morgan fingerprint density at radius 1 is 1.08 bits per heavy atom. The first-order valence-electron chi connectivity index (χ1n) is 12.8. The third kappa shape index (κ3) is 4.67. The van der Waals surface area contributed by atoms with Gasteiger partial charge < -0.3 is 14.9 Å². The van der Waals surface area contributed by atoms with Gasteiger partial charge in [-0.2, -0.15) is 0 Å². The monoisotopic (exact) mass is 488 g/mol. The van der Waals surface area contributed by atoms with Gasteiger partial charge in [0.2, 0.25) is 0 Å². The summed E-state index contributed by atoms with van der Waals surface area (Å²) in [5.41, 5.74) is 3.82. The molecule has 1 aliphatic heterocycles. The molecule has 1 saturated heterocycles. The van der Waals surface area contributed by atoms with Crippen molar-refractivity contribution in [2.75, 3.05) is 26.2 Å².